The van der Waals surface area contributed by atoms with Crippen LogP contribution in [-0.2, 0) is 4.74 Å². The summed E-state index contributed by atoms with van der Waals surface area (Å²) in [6.07, 6.45) is 10.5. The van der Waals surface area contributed by atoms with E-state index in [1.165, 1.54) is 0 Å². The number of terminal acetylenes is 2. The van der Waals surface area contributed by atoms with Gasteiger partial charge < -0.3 is 9.64 Å². The van der Waals surface area contributed by atoms with Crippen molar-refractivity contribution in [1.29, 1.82) is 0 Å². The zero-order valence-corrected chi connectivity index (χ0v) is 11.2. The molecule has 0 unspecified atom stereocenters. The van der Waals surface area contributed by atoms with E-state index >= 15 is 0 Å². The second kappa shape index (κ2) is 7.13. The number of ether oxygens (including phenoxy) is 1. The normalized spacial score (nSPS) is 9.53. The van der Waals surface area contributed by atoms with Crippen molar-refractivity contribution in [3.8, 4) is 24.7 Å². The van der Waals surface area contributed by atoms with Gasteiger partial charge in [0.2, 0.25) is 0 Å². The second-order valence-electron chi connectivity index (χ2n) is 4.27. The Morgan fingerprint density at radius 1 is 1.21 bits per heavy atom. The van der Waals surface area contributed by atoms with Gasteiger partial charge in [0.05, 0.1) is 24.8 Å². The summed E-state index contributed by atoms with van der Waals surface area (Å²) in [7, 11) is 0. The molecule has 0 N–H and O–H groups in total. The molecule has 19 heavy (non-hydrogen) atoms. The van der Waals surface area contributed by atoms with E-state index in [9.17, 15) is 4.79 Å². The standard InChI is InChI=1S/C16H17NO2/c1-5-11-17(12-6-2)15-9-7-14(8-10-15)16(18)19-13(3)4/h1-2,7-10,13H,11-12H2,3-4H3. The Labute approximate surface area is 114 Å². The Kier molecular flexibility index (Phi) is 5.51. The van der Waals surface area contributed by atoms with Crippen LogP contribution in [0.25, 0.3) is 0 Å². The first kappa shape index (κ1) is 14.7. The van der Waals surface area contributed by atoms with Crippen molar-refractivity contribution in [1.82, 2.24) is 0 Å². The number of anilines is 1. The average molecular weight is 255 g/mol. The first-order chi connectivity index (χ1) is 9.08. The van der Waals surface area contributed by atoms with Crippen molar-refractivity contribution in [2.24, 2.45) is 0 Å². The van der Waals surface area contributed by atoms with Gasteiger partial charge in [-0.3, -0.25) is 0 Å². The van der Waals surface area contributed by atoms with Gasteiger partial charge in [0.15, 0.2) is 0 Å². The van der Waals surface area contributed by atoms with Crippen molar-refractivity contribution in [3.05, 3.63) is 29.8 Å². The molecule has 0 saturated carbocycles. The molecule has 0 heterocycles. The molecular weight excluding hydrogens is 238 g/mol. The van der Waals surface area contributed by atoms with Crippen LogP contribution in [0, 0.1) is 24.7 Å². The van der Waals surface area contributed by atoms with E-state index in [0.717, 1.165) is 5.69 Å². The highest BCUT2D eigenvalue weighted by Crippen LogP contribution is 2.15. The molecule has 1 aromatic carbocycles. The number of rotatable bonds is 5. The molecule has 0 bridgehead atoms. The fourth-order valence-electron chi connectivity index (χ4n) is 1.55. The van der Waals surface area contributed by atoms with E-state index in [0.29, 0.717) is 18.7 Å². The summed E-state index contributed by atoms with van der Waals surface area (Å²) in [6.45, 7) is 4.49. The Balaban J connectivity index is 2.83. The monoisotopic (exact) mass is 255 g/mol. The van der Waals surface area contributed by atoms with Crippen molar-refractivity contribution >= 4 is 11.7 Å². The highest BCUT2D eigenvalue weighted by Gasteiger charge is 2.10. The van der Waals surface area contributed by atoms with Crippen LogP contribution in [0.4, 0.5) is 5.69 Å². The highest BCUT2D eigenvalue weighted by molar-refractivity contribution is 5.89. The fourth-order valence-corrected chi connectivity index (χ4v) is 1.55. The molecule has 1 aromatic rings. The lowest BCUT2D eigenvalue weighted by Crippen LogP contribution is -2.23. The molecule has 3 nitrogen and oxygen atoms in total. The van der Waals surface area contributed by atoms with Crippen LogP contribution in [0.15, 0.2) is 24.3 Å². The molecule has 98 valence electrons. The topological polar surface area (TPSA) is 29.5 Å². The Hall–Kier alpha value is -2.39. The third-order valence-corrected chi connectivity index (χ3v) is 2.38. The highest BCUT2D eigenvalue weighted by atomic mass is 16.5. The molecule has 3 heteroatoms. The van der Waals surface area contributed by atoms with Crippen LogP contribution >= 0.6 is 0 Å². The minimum Gasteiger partial charge on any atom is -0.459 e. The van der Waals surface area contributed by atoms with Crippen LogP contribution in [0.1, 0.15) is 24.2 Å². The minimum absolute atomic E-state index is 0.133. The maximum atomic E-state index is 11.7. The number of carbonyl (C=O) groups excluding carboxylic acids is 1. The van der Waals surface area contributed by atoms with Gasteiger partial charge >= 0.3 is 5.97 Å². The van der Waals surface area contributed by atoms with Crippen LogP contribution < -0.4 is 4.90 Å². The van der Waals surface area contributed by atoms with Crippen molar-refractivity contribution in [2.45, 2.75) is 20.0 Å². The van der Waals surface area contributed by atoms with Crippen LogP contribution in [-0.4, -0.2) is 25.2 Å². The van der Waals surface area contributed by atoms with Gasteiger partial charge in [-0.1, -0.05) is 11.8 Å². The lowest BCUT2D eigenvalue weighted by molar-refractivity contribution is 0.0378. The summed E-state index contributed by atoms with van der Waals surface area (Å²) < 4.78 is 5.11. The van der Waals surface area contributed by atoms with Crippen molar-refractivity contribution < 1.29 is 9.53 Å². The summed E-state index contributed by atoms with van der Waals surface area (Å²) in [4.78, 5) is 13.6. The molecule has 0 atom stereocenters. The first-order valence-electron chi connectivity index (χ1n) is 6.01. The van der Waals surface area contributed by atoms with Crippen LogP contribution in [0.2, 0.25) is 0 Å². The summed E-state index contributed by atoms with van der Waals surface area (Å²) in [5, 5.41) is 0. The number of hydrogen-bond acceptors (Lipinski definition) is 3. The van der Waals surface area contributed by atoms with E-state index in [1.54, 1.807) is 12.1 Å². The van der Waals surface area contributed by atoms with E-state index < -0.39 is 0 Å². The molecule has 1 rings (SSSR count). The summed E-state index contributed by atoms with van der Waals surface area (Å²) in [5.74, 6) is 4.78. The zero-order chi connectivity index (χ0) is 14.3. The SMILES string of the molecule is C#CCN(CC#C)c1ccc(C(=O)OC(C)C)cc1. The molecule has 0 amide bonds. The van der Waals surface area contributed by atoms with Crippen molar-refractivity contribution in [3.63, 3.8) is 0 Å². The van der Waals surface area contributed by atoms with Gasteiger partial charge in [0.25, 0.3) is 0 Å². The Bertz CT molecular complexity index is 487. The lowest BCUT2D eigenvalue weighted by atomic mass is 10.2. The van der Waals surface area contributed by atoms with Crippen LogP contribution in [0.3, 0.4) is 0 Å². The molecule has 0 spiro atoms. The Morgan fingerprint density at radius 2 is 1.74 bits per heavy atom. The fraction of sp³-hybridized carbons (Fsp3) is 0.312. The molecule has 0 aliphatic rings. The smallest absolute Gasteiger partial charge is 0.338 e. The first-order valence-corrected chi connectivity index (χ1v) is 6.01. The van der Waals surface area contributed by atoms with Gasteiger partial charge in [-0.15, -0.1) is 12.8 Å². The maximum absolute atomic E-state index is 11.7. The van der Waals surface area contributed by atoms with E-state index in [-0.39, 0.29) is 12.1 Å². The molecule has 0 fully saturated rings. The Morgan fingerprint density at radius 3 is 2.16 bits per heavy atom. The van der Waals surface area contributed by atoms with Gasteiger partial charge in [0, 0.05) is 5.69 Å². The number of hydrogen-bond donors (Lipinski definition) is 0. The van der Waals surface area contributed by atoms with Gasteiger partial charge in [-0.25, -0.2) is 4.79 Å². The number of carbonyl (C=O) groups is 1. The molecule has 0 aliphatic carbocycles. The van der Waals surface area contributed by atoms with Gasteiger partial charge in [-0.05, 0) is 38.1 Å². The lowest BCUT2D eigenvalue weighted by Gasteiger charge is -2.19. The largest absolute Gasteiger partial charge is 0.459 e. The second-order valence-corrected chi connectivity index (χ2v) is 4.27. The summed E-state index contributed by atoms with van der Waals surface area (Å²) in [5.41, 5.74) is 1.40. The maximum Gasteiger partial charge on any atom is 0.338 e. The predicted molar refractivity (Wildman–Crippen MR) is 76.9 cm³/mol. The van der Waals surface area contributed by atoms with Crippen LogP contribution in [0.5, 0.6) is 0 Å². The van der Waals surface area contributed by atoms with Gasteiger partial charge in [0.1, 0.15) is 0 Å². The number of benzene rings is 1. The predicted octanol–water partition coefficient (Wildman–Crippen LogP) is 2.32. The molecule has 0 aliphatic heterocycles. The average Bonchev–Trinajstić information content (AvgIpc) is 2.38. The molecule has 0 radical (unpaired) electrons. The third kappa shape index (κ3) is 4.41. The number of esters is 1. The summed E-state index contributed by atoms with van der Waals surface area (Å²) >= 11 is 0. The zero-order valence-electron chi connectivity index (χ0n) is 11.2. The molecule has 0 aromatic heterocycles. The third-order valence-electron chi connectivity index (χ3n) is 2.38. The van der Waals surface area contributed by atoms with E-state index in [1.807, 2.05) is 30.9 Å². The quantitative estimate of drug-likeness (QED) is 0.597. The van der Waals surface area contributed by atoms with E-state index in [4.69, 9.17) is 17.6 Å². The minimum atomic E-state index is -0.331. The molecule has 0 saturated heterocycles. The summed E-state index contributed by atoms with van der Waals surface area (Å²) in [6, 6.07) is 7.04. The van der Waals surface area contributed by atoms with Gasteiger partial charge in [-0.2, -0.15) is 0 Å². The number of nitrogens with zero attached hydrogens (tertiary/aromatic N) is 1. The van der Waals surface area contributed by atoms with Crippen molar-refractivity contribution in [2.75, 3.05) is 18.0 Å². The van der Waals surface area contributed by atoms with E-state index in [2.05, 4.69) is 11.8 Å². The molecular formula is C16H17NO2.